The van der Waals surface area contributed by atoms with E-state index >= 15 is 0 Å². The molecule has 2 heterocycles. The highest BCUT2D eigenvalue weighted by Crippen LogP contribution is 2.10. The van der Waals surface area contributed by atoms with Gasteiger partial charge in [-0.25, -0.2) is 9.78 Å². The Balaban J connectivity index is 1.94. The number of rotatable bonds is 4. The number of hydrogen-bond donors (Lipinski definition) is 0. The van der Waals surface area contributed by atoms with Crippen LogP contribution in [0.1, 0.15) is 21.8 Å². The fourth-order valence-corrected chi connectivity index (χ4v) is 1.33. The largest absolute Gasteiger partial charge is 0.481 e. The molecule has 0 bridgehead atoms. The van der Waals surface area contributed by atoms with E-state index in [-0.39, 0.29) is 6.61 Å². The summed E-state index contributed by atoms with van der Waals surface area (Å²) in [5, 5.41) is 3.69. The Morgan fingerprint density at radius 3 is 2.83 bits per heavy atom. The van der Waals surface area contributed by atoms with Crippen molar-refractivity contribution in [1.29, 1.82) is 0 Å². The predicted molar refractivity (Wildman–Crippen MR) is 61.1 cm³/mol. The molecule has 0 radical (unpaired) electrons. The van der Waals surface area contributed by atoms with Crippen molar-refractivity contribution in [2.24, 2.45) is 0 Å². The van der Waals surface area contributed by atoms with Crippen molar-refractivity contribution in [3.05, 3.63) is 41.4 Å². The first-order chi connectivity index (χ1) is 8.69. The average molecular weight is 248 g/mol. The minimum absolute atomic E-state index is 0.0473. The summed E-state index contributed by atoms with van der Waals surface area (Å²) in [6.07, 6.45) is 1.40. The first kappa shape index (κ1) is 12.1. The molecule has 0 aliphatic carbocycles. The van der Waals surface area contributed by atoms with Crippen LogP contribution in [0.5, 0.6) is 5.88 Å². The summed E-state index contributed by atoms with van der Waals surface area (Å²) in [5.41, 5.74) is 1.10. The summed E-state index contributed by atoms with van der Waals surface area (Å²) in [5.74, 6) is 0.471. The molecule has 6 nitrogen and oxygen atoms in total. The van der Waals surface area contributed by atoms with Gasteiger partial charge in [0.2, 0.25) is 5.88 Å². The summed E-state index contributed by atoms with van der Waals surface area (Å²) in [7, 11) is 1.51. The Hall–Kier alpha value is -2.37. The standard InChI is InChI=1S/C12H12N2O4/c1-8-5-10(18-14-8)7-17-12(15)9-3-4-11(16-2)13-6-9/h3-6H,7H2,1-2H3. The number of nitrogens with zero attached hydrogens (tertiary/aromatic N) is 2. The summed E-state index contributed by atoms with van der Waals surface area (Å²) < 4.78 is 14.9. The van der Waals surface area contributed by atoms with E-state index in [4.69, 9.17) is 14.0 Å². The summed E-state index contributed by atoms with van der Waals surface area (Å²) >= 11 is 0. The SMILES string of the molecule is COc1ccc(C(=O)OCc2cc(C)no2)cn1. The van der Waals surface area contributed by atoms with E-state index in [0.717, 1.165) is 5.69 Å². The van der Waals surface area contributed by atoms with Gasteiger partial charge in [-0.15, -0.1) is 0 Å². The molecule has 0 aliphatic rings. The molecule has 0 spiro atoms. The molecule has 0 saturated carbocycles. The monoisotopic (exact) mass is 248 g/mol. The molecule has 0 atom stereocenters. The van der Waals surface area contributed by atoms with Gasteiger partial charge in [0.15, 0.2) is 12.4 Å². The quantitative estimate of drug-likeness (QED) is 0.767. The topological polar surface area (TPSA) is 74.5 Å². The van der Waals surface area contributed by atoms with Crippen LogP contribution in [0.3, 0.4) is 0 Å². The third-order valence-corrected chi connectivity index (χ3v) is 2.20. The first-order valence-corrected chi connectivity index (χ1v) is 5.28. The molecule has 2 aromatic rings. The molecule has 18 heavy (non-hydrogen) atoms. The van der Waals surface area contributed by atoms with Crippen LogP contribution < -0.4 is 4.74 Å². The number of carbonyl (C=O) groups excluding carboxylic acids is 1. The lowest BCUT2D eigenvalue weighted by molar-refractivity contribution is 0.0437. The third kappa shape index (κ3) is 2.85. The lowest BCUT2D eigenvalue weighted by Gasteiger charge is -2.02. The van der Waals surface area contributed by atoms with Gasteiger partial charge < -0.3 is 14.0 Å². The zero-order valence-electron chi connectivity index (χ0n) is 10.0. The molecule has 0 saturated heterocycles. The van der Waals surface area contributed by atoms with Gasteiger partial charge in [0.25, 0.3) is 0 Å². The van der Waals surface area contributed by atoms with Crippen LogP contribution in [0.15, 0.2) is 28.9 Å². The van der Waals surface area contributed by atoms with Gasteiger partial charge in [-0.1, -0.05) is 5.16 Å². The molecule has 2 rings (SSSR count). The Morgan fingerprint density at radius 2 is 2.28 bits per heavy atom. The molecular formula is C12H12N2O4. The highest BCUT2D eigenvalue weighted by molar-refractivity contribution is 5.89. The van der Waals surface area contributed by atoms with E-state index in [2.05, 4.69) is 10.1 Å². The van der Waals surface area contributed by atoms with Gasteiger partial charge in [-0.05, 0) is 13.0 Å². The van der Waals surface area contributed by atoms with E-state index in [1.54, 1.807) is 25.1 Å². The van der Waals surface area contributed by atoms with E-state index in [0.29, 0.717) is 17.2 Å². The number of carbonyl (C=O) groups is 1. The van der Waals surface area contributed by atoms with Crippen molar-refractivity contribution in [3.8, 4) is 5.88 Å². The van der Waals surface area contributed by atoms with Gasteiger partial charge in [0, 0.05) is 18.3 Å². The summed E-state index contributed by atoms with van der Waals surface area (Å²) in [4.78, 5) is 15.6. The molecule has 0 aromatic carbocycles. The van der Waals surface area contributed by atoms with Crippen LogP contribution in [0, 0.1) is 6.92 Å². The number of esters is 1. The van der Waals surface area contributed by atoms with Crippen molar-refractivity contribution in [1.82, 2.24) is 10.1 Å². The molecule has 0 aliphatic heterocycles. The first-order valence-electron chi connectivity index (χ1n) is 5.28. The molecule has 0 unspecified atom stereocenters. The van der Waals surface area contributed by atoms with Gasteiger partial charge in [0.05, 0.1) is 18.4 Å². The van der Waals surface area contributed by atoms with Gasteiger partial charge in [-0.2, -0.15) is 0 Å². The Kier molecular flexibility index (Phi) is 3.57. The average Bonchev–Trinajstić information content (AvgIpc) is 2.82. The van der Waals surface area contributed by atoms with Crippen LogP contribution in [0.25, 0.3) is 0 Å². The summed E-state index contributed by atoms with van der Waals surface area (Å²) in [6, 6.07) is 4.88. The molecule has 0 fully saturated rings. The highest BCUT2D eigenvalue weighted by Gasteiger charge is 2.10. The lowest BCUT2D eigenvalue weighted by Crippen LogP contribution is -2.05. The third-order valence-electron chi connectivity index (χ3n) is 2.20. The Bertz CT molecular complexity index is 533. The maximum absolute atomic E-state index is 11.7. The van der Waals surface area contributed by atoms with Crippen molar-refractivity contribution >= 4 is 5.97 Å². The Labute approximate surface area is 104 Å². The van der Waals surface area contributed by atoms with Gasteiger partial charge in [0.1, 0.15) is 0 Å². The predicted octanol–water partition coefficient (Wildman–Crippen LogP) is 1.74. The fraction of sp³-hybridized carbons (Fsp3) is 0.250. The van der Waals surface area contributed by atoms with E-state index in [1.165, 1.54) is 13.3 Å². The van der Waals surface area contributed by atoms with Crippen LogP contribution in [0.2, 0.25) is 0 Å². The number of pyridine rings is 1. The zero-order chi connectivity index (χ0) is 13.0. The highest BCUT2D eigenvalue weighted by atomic mass is 16.5. The van der Waals surface area contributed by atoms with Crippen LogP contribution in [-0.2, 0) is 11.3 Å². The second-order valence-electron chi connectivity index (χ2n) is 3.60. The van der Waals surface area contributed by atoms with Crippen molar-refractivity contribution in [2.75, 3.05) is 7.11 Å². The number of ether oxygens (including phenoxy) is 2. The minimum Gasteiger partial charge on any atom is -0.481 e. The maximum atomic E-state index is 11.7. The second-order valence-corrected chi connectivity index (χ2v) is 3.60. The van der Waals surface area contributed by atoms with Crippen molar-refractivity contribution in [2.45, 2.75) is 13.5 Å². The summed E-state index contributed by atoms with van der Waals surface area (Å²) in [6.45, 7) is 1.84. The van der Waals surface area contributed by atoms with Crippen LogP contribution in [-0.4, -0.2) is 23.2 Å². The van der Waals surface area contributed by atoms with E-state index < -0.39 is 5.97 Å². The van der Waals surface area contributed by atoms with Gasteiger partial charge in [-0.3, -0.25) is 0 Å². The van der Waals surface area contributed by atoms with Crippen LogP contribution >= 0.6 is 0 Å². The van der Waals surface area contributed by atoms with Crippen LogP contribution in [0.4, 0.5) is 0 Å². The number of hydrogen-bond acceptors (Lipinski definition) is 6. The molecular weight excluding hydrogens is 236 g/mol. The normalized spacial score (nSPS) is 10.1. The molecule has 6 heteroatoms. The molecule has 2 aromatic heterocycles. The molecule has 0 amide bonds. The Morgan fingerprint density at radius 1 is 1.44 bits per heavy atom. The molecule has 0 N–H and O–H groups in total. The lowest BCUT2D eigenvalue weighted by atomic mass is 10.3. The van der Waals surface area contributed by atoms with E-state index in [1.807, 2.05) is 0 Å². The number of aryl methyl sites for hydroxylation is 1. The molecule has 94 valence electrons. The zero-order valence-corrected chi connectivity index (χ0v) is 10.0. The fourth-order valence-electron chi connectivity index (χ4n) is 1.33. The smallest absolute Gasteiger partial charge is 0.340 e. The number of methoxy groups -OCH3 is 1. The van der Waals surface area contributed by atoms with Crippen molar-refractivity contribution < 1.29 is 18.8 Å². The maximum Gasteiger partial charge on any atom is 0.340 e. The minimum atomic E-state index is -0.473. The van der Waals surface area contributed by atoms with Gasteiger partial charge >= 0.3 is 5.97 Å². The van der Waals surface area contributed by atoms with Crippen molar-refractivity contribution in [3.63, 3.8) is 0 Å². The second kappa shape index (κ2) is 5.31. The number of aromatic nitrogens is 2. The van der Waals surface area contributed by atoms with E-state index in [9.17, 15) is 4.79 Å².